The maximum absolute atomic E-state index is 13.3. The SMILES string of the molecule is CN(C)C(=O)C(Cl)c1c(-c2ccc(F)cc2)nc2sc3ccccc3n12. The number of carbonyl (C=O) groups excluding carboxylic acids is 1. The van der Waals surface area contributed by atoms with Gasteiger partial charge in [-0.3, -0.25) is 9.20 Å². The lowest BCUT2D eigenvalue weighted by molar-refractivity contribution is -0.128. The second-order valence-electron chi connectivity index (χ2n) is 6.14. The van der Waals surface area contributed by atoms with Gasteiger partial charge in [-0.25, -0.2) is 9.37 Å². The van der Waals surface area contributed by atoms with Crippen LogP contribution in [0.4, 0.5) is 4.39 Å². The first kappa shape index (κ1) is 17.0. The highest BCUT2D eigenvalue weighted by molar-refractivity contribution is 7.23. The van der Waals surface area contributed by atoms with Crippen LogP contribution in [0.3, 0.4) is 0 Å². The average Bonchev–Trinajstić information content (AvgIpc) is 3.17. The first-order valence-electron chi connectivity index (χ1n) is 7.98. The van der Waals surface area contributed by atoms with Gasteiger partial charge in [0.25, 0.3) is 0 Å². The second-order valence-corrected chi connectivity index (χ2v) is 7.58. The maximum atomic E-state index is 13.3. The van der Waals surface area contributed by atoms with Crippen molar-refractivity contribution in [3.05, 3.63) is 60.0 Å². The van der Waals surface area contributed by atoms with Gasteiger partial charge in [0.15, 0.2) is 10.3 Å². The molecule has 0 aliphatic rings. The largest absolute Gasteiger partial charge is 0.347 e. The van der Waals surface area contributed by atoms with E-state index in [0.29, 0.717) is 11.4 Å². The van der Waals surface area contributed by atoms with Gasteiger partial charge in [-0.15, -0.1) is 11.6 Å². The van der Waals surface area contributed by atoms with E-state index >= 15 is 0 Å². The summed E-state index contributed by atoms with van der Waals surface area (Å²) in [5, 5.41) is -0.905. The number of para-hydroxylation sites is 1. The van der Waals surface area contributed by atoms with Crippen LogP contribution in [-0.2, 0) is 4.79 Å². The summed E-state index contributed by atoms with van der Waals surface area (Å²) in [7, 11) is 3.33. The van der Waals surface area contributed by atoms with E-state index < -0.39 is 5.38 Å². The molecule has 2 aromatic carbocycles. The summed E-state index contributed by atoms with van der Waals surface area (Å²) in [5.74, 6) is -0.555. The highest BCUT2D eigenvalue weighted by Gasteiger charge is 2.29. The molecule has 0 radical (unpaired) electrons. The van der Waals surface area contributed by atoms with Crippen molar-refractivity contribution in [2.45, 2.75) is 5.38 Å². The van der Waals surface area contributed by atoms with E-state index in [1.54, 1.807) is 26.2 Å². The monoisotopic (exact) mass is 387 g/mol. The van der Waals surface area contributed by atoms with E-state index in [9.17, 15) is 9.18 Å². The van der Waals surface area contributed by atoms with E-state index in [0.717, 1.165) is 20.7 Å². The number of hydrogen-bond acceptors (Lipinski definition) is 3. The molecule has 4 nitrogen and oxygen atoms in total. The molecular formula is C19H15ClFN3OS. The van der Waals surface area contributed by atoms with Gasteiger partial charge in [0.1, 0.15) is 5.82 Å². The second kappa shape index (κ2) is 6.37. The number of aromatic nitrogens is 2. The molecule has 132 valence electrons. The van der Waals surface area contributed by atoms with Crippen LogP contribution in [-0.4, -0.2) is 34.3 Å². The third kappa shape index (κ3) is 2.66. The number of likely N-dealkylation sites (N-methyl/N-ethyl adjacent to an activating group) is 1. The van der Waals surface area contributed by atoms with Gasteiger partial charge < -0.3 is 4.90 Å². The highest BCUT2D eigenvalue weighted by atomic mass is 35.5. The van der Waals surface area contributed by atoms with Crippen molar-refractivity contribution in [2.75, 3.05) is 14.1 Å². The molecule has 0 fully saturated rings. The molecule has 0 saturated heterocycles. The molecule has 2 heterocycles. The quantitative estimate of drug-likeness (QED) is 0.477. The third-order valence-electron chi connectivity index (χ3n) is 4.20. The average molecular weight is 388 g/mol. The summed E-state index contributed by atoms with van der Waals surface area (Å²) < 4.78 is 16.3. The van der Waals surface area contributed by atoms with Gasteiger partial charge >= 0.3 is 0 Å². The number of amides is 1. The van der Waals surface area contributed by atoms with Crippen molar-refractivity contribution in [1.82, 2.24) is 14.3 Å². The molecule has 0 saturated carbocycles. The molecule has 4 rings (SSSR count). The van der Waals surface area contributed by atoms with E-state index in [1.165, 1.54) is 28.4 Å². The standard InChI is InChI=1S/C19H15ClFN3OS/c1-23(2)18(25)15(20)17-16(11-7-9-12(21)10-8-11)22-19-24(17)13-5-3-4-6-14(13)26-19/h3-10,15H,1-2H3. The van der Waals surface area contributed by atoms with Crippen molar-refractivity contribution in [1.29, 1.82) is 0 Å². The Balaban J connectivity index is 2.03. The number of thiazole rings is 1. The zero-order valence-electron chi connectivity index (χ0n) is 14.1. The minimum Gasteiger partial charge on any atom is -0.347 e. The maximum Gasteiger partial charge on any atom is 0.246 e. The van der Waals surface area contributed by atoms with Gasteiger partial charge in [-0.05, 0) is 36.4 Å². The van der Waals surface area contributed by atoms with Gasteiger partial charge in [0.05, 0.1) is 21.6 Å². The number of imidazole rings is 1. The summed E-state index contributed by atoms with van der Waals surface area (Å²) in [5.41, 5.74) is 2.86. The topological polar surface area (TPSA) is 37.6 Å². The van der Waals surface area contributed by atoms with E-state index in [-0.39, 0.29) is 11.7 Å². The van der Waals surface area contributed by atoms with Crippen LogP contribution in [0.1, 0.15) is 11.1 Å². The fraction of sp³-hybridized carbons (Fsp3) is 0.158. The molecule has 0 bridgehead atoms. The molecule has 7 heteroatoms. The fourth-order valence-electron chi connectivity index (χ4n) is 2.94. The van der Waals surface area contributed by atoms with Crippen LogP contribution in [0.2, 0.25) is 0 Å². The summed E-state index contributed by atoms with van der Waals surface area (Å²) >= 11 is 8.12. The Bertz CT molecular complexity index is 1120. The van der Waals surface area contributed by atoms with Crippen LogP contribution in [0.15, 0.2) is 48.5 Å². The number of rotatable bonds is 3. The van der Waals surface area contributed by atoms with E-state index in [2.05, 4.69) is 0 Å². The van der Waals surface area contributed by atoms with Crippen molar-refractivity contribution in [2.24, 2.45) is 0 Å². The van der Waals surface area contributed by atoms with Gasteiger partial charge in [0, 0.05) is 19.7 Å². The Morgan fingerprint density at radius 2 is 1.88 bits per heavy atom. The normalized spacial score (nSPS) is 12.6. The van der Waals surface area contributed by atoms with E-state index in [1.807, 2.05) is 28.7 Å². The Hall–Kier alpha value is -2.44. The number of carbonyl (C=O) groups is 1. The predicted octanol–water partition coefficient (Wildman–Crippen LogP) is 4.72. The molecule has 4 aromatic rings. The summed E-state index contributed by atoms with van der Waals surface area (Å²) in [4.78, 5) is 19.5. The van der Waals surface area contributed by atoms with Gasteiger partial charge in [-0.2, -0.15) is 0 Å². The minimum atomic E-state index is -0.905. The van der Waals surface area contributed by atoms with Crippen molar-refractivity contribution >= 4 is 44.0 Å². The first-order chi connectivity index (χ1) is 12.5. The lowest BCUT2D eigenvalue weighted by Crippen LogP contribution is -2.26. The van der Waals surface area contributed by atoms with Gasteiger partial charge in [-0.1, -0.05) is 23.5 Å². The van der Waals surface area contributed by atoms with Crippen LogP contribution < -0.4 is 0 Å². The molecule has 0 spiro atoms. The lowest BCUT2D eigenvalue weighted by atomic mass is 10.1. The number of hydrogen-bond donors (Lipinski definition) is 0. The molecule has 1 atom stereocenters. The van der Waals surface area contributed by atoms with E-state index in [4.69, 9.17) is 16.6 Å². The predicted molar refractivity (Wildman–Crippen MR) is 103 cm³/mol. The minimum absolute atomic E-state index is 0.230. The van der Waals surface area contributed by atoms with Crippen molar-refractivity contribution in [3.8, 4) is 11.3 Å². The smallest absolute Gasteiger partial charge is 0.246 e. The number of benzene rings is 2. The summed E-state index contributed by atoms with van der Waals surface area (Å²) in [6.07, 6.45) is 0. The van der Waals surface area contributed by atoms with Crippen LogP contribution >= 0.6 is 22.9 Å². The molecular weight excluding hydrogens is 373 g/mol. The lowest BCUT2D eigenvalue weighted by Gasteiger charge is -2.16. The Morgan fingerprint density at radius 1 is 1.19 bits per heavy atom. The number of halogens is 2. The Morgan fingerprint density at radius 3 is 2.58 bits per heavy atom. The van der Waals surface area contributed by atoms with Crippen LogP contribution in [0, 0.1) is 5.82 Å². The first-order valence-corrected chi connectivity index (χ1v) is 9.23. The Kier molecular flexibility index (Phi) is 4.17. The highest BCUT2D eigenvalue weighted by Crippen LogP contribution is 2.38. The third-order valence-corrected chi connectivity index (χ3v) is 5.62. The fourth-order valence-corrected chi connectivity index (χ4v) is 4.37. The zero-order valence-corrected chi connectivity index (χ0v) is 15.7. The summed E-state index contributed by atoms with van der Waals surface area (Å²) in [6.45, 7) is 0. The molecule has 0 aliphatic heterocycles. The van der Waals surface area contributed by atoms with Crippen molar-refractivity contribution in [3.63, 3.8) is 0 Å². The molecule has 0 aliphatic carbocycles. The zero-order chi connectivity index (χ0) is 18.4. The Labute approximate surface area is 158 Å². The molecule has 2 aromatic heterocycles. The molecule has 0 N–H and O–H groups in total. The van der Waals surface area contributed by atoms with Crippen LogP contribution in [0.5, 0.6) is 0 Å². The van der Waals surface area contributed by atoms with Gasteiger partial charge in [0.2, 0.25) is 5.91 Å². The number of nitrogens with zero attached hydrogens (tertiary/aromatic N) is 3. The molecule has 1 unspecified atom stereocenters. The summed E-state index contributed by atoms with van der Waals surface area (Å²) in [6, 6.07) is 13.9. The van der Waals surface area contributed by atoms with Crippen molar-refractivity contribution < 1.29 is 9.18 Å². The molecule has 26 heavy (non-hydrogen) atoms. The molecule has 1 amide bonds. The number of alkyl halides is 1. The number of fused-ring (bicyclic) bond motifs is 3. The van der Waals surface area contributed by atoms with Crippen LogP contribution in [0.25, 0.3) is 26.4 Å².